The van der Waals surface area contributed by atoms with Crippen LogP contribution in [0.4, 0.5) is 0 Å². The molecule has 0 radical (unpaired) electrons. The Hall–Kier alpha value is -0.560. The quantitative estimate of drug-likeness (QED) is 0.752. The van der Waals surface area contributed by atoms with E-state index in [1.807, 2.05) is 30.3 Å². The molecule has 1 unspecified atom stereocenters. The third-order valence-electron chi connectivity index (χ3n) is 1.22. The zero-order valence-corrected chi connectivity index (χ0v) is 8.12. The van der Waals surface area contributed by atoms with E-state index in [9.17, 15) is 4.57 Å². The maximum atomic E-state index is 10.3. The van der Waals surface area contributed by atoms with Crippen molar-refractivity contribution in [3.05, 3.63) is 41.7 Å². The van der Waals surface area contributed by atoms with E-state index < -0.39 is 8.03 Å². The second-order valence-electron chi connectivity index (χ2n) is 2.08. The Kier molecular flexibility index (Phi) is 5.73. The fourth-order valence-corrected chi connectivity index (χ4v) is 1.07. The van der Waals surface area contributed by atoms with Crippen LogP contribution >= 0.6 is 20.4 Å². The Labute approximate surface area is 78.2 Å². The second-order valence-corrected chi connectivity index (χ2v) is 3.09. The van der Waals surface area contributed by atoms with Gasteiger partial charge in [-0.1, -0.05) is 30.3 Å². The van der Waals surface area contributed by atoms with Crippen LogP contribution in [0.5, 0.6) is 0 Å². The van der Waals surface area contributed by atoms with Crippen molar-refractivity contribution in [3.8, 4) is 0 Å². The van der Waals surface area contributed by atoms with E-state index in [0.29, 0.717) is 0 Å². The lowest BCUT2D eigenvalue weighted by atomic mass is 10.2. The van der Waals surface area contributed by atoms with Crippen LogP contribution in [0.15, 0.2) is 36.1 Å². The van der Waals surface area contributed by atoms with Crippen LogP contribution in [0.3, 0.4) is 0 Å². The molecule has 0 saturated carbocycles. The summed E-state index contributed by atoms with van der Waals surface area (Å²) in [5.41, 5.74) is 0.944. The minimum absolute atomic E-state index is 0. The van der Waals surface area contributed by atoms with Crippen molar-refractivity contribution in [1.29, 1.82) is 0 Å². The summed E-state index contributed by atoms with van der Waals surface area (Å²) in [7, 11) is -2.46. The fourth-order valence-electron chi connectivity index (χ4n) is 0.732. The molecule has 0 aliphatic heterocycles. The Bertz CT molecular complexity index is 272. The van der Waals surface area contributed by atoms with Gasteiger partial charge in [-0.15, -0.1) is 12.4 Å². The molecule has 0 bridgehead atoms. The van der Waals surface area contributed by atoms with Crippen LogP contribution in [0.1, 0.15) is 5.56 Å². The average molecular weight is 205 g/mol. The third kappa shape index (κ3) is 4.35. The van der Waals surface area contributed by atoms with Crippen LogP contribution in [-0.2, 0) is 4.57 Å². The molecule has 0 saturated heterocycles. The summed E-state index contributed by atoms with van der Waals surface area (Å²) in [6, 6.07) is 9.42. The molecule has 4 heteroatoms. The number of halogens is 1. The van der Waals surface area contributed by atoms with E-state index in [0.717, 1.165) is 5.56 Å². The van der Waals surface area contributed by atoms with Gasteiger partial charge in [-0.3, -0.25) is 4.57 Å². The number of benzene rings is 1. The molecule has 66 valence electrons. The summed E-state index contributed by atoms with van der Waals surface area (Å²) in [5, 5.41) is 0. The zero-order valence-electron chi connectivity index (χ0n) is 6.31. The molecule has 2 nitrogen and oxygen atoms in total. The topological polar surface area (TPSA) is 37.3 Å². The lowest BCUT2D eigenvalue weighted by molar-refractivity contribution is 0.513. The van der Waals surface area contributed by atoms with E-state index in [1.54, 1.807) is 6.08 Å². The molecular weight excluding hydrogens is 195 g/mol. The molecule has 0 aliphatic rings. The van der Waals surface area contributed by atoms with Gasteiger partial charge < -0.3 is 4.89 Å². The maximum Gasteiger partial charge on any atom is 0.211 e. The van der Waals surface area contributed by atoms with Gasteiger partial charge in [0.15, 0.2) is 0 Å². The molecule has 0 spiro atoms. The average Bonchev–Trinajstić information content (AvgIpc) is 2.03. The van der Waals surface area contributed by atoms with Crippen molar-refractivity contribution >= 4 is 26.5 Å². The number of hydrogen-bond acceptors (Lipinski definition) is 1. The molecule has 0 amide bonds. The summed E-state index contributed by atoms with van der Waals surface area (Å²) in [5.74, 6) is 1.31. The Morgan fingerprint density at radius 2 is 1.83 bits per heavy atom. The summed E-state index contributed by atoms with van der Waals surface area (Å²) in [6.07, 6.45) is 1.64. The van der Waals surface area contributed by atoms with Crippen LogP contribution < -0.4 is 0 Å². The van der Waals surface area contributed by atoms with Gasteiger partial charge in [0.05, 0.1) is 0 Å². The van der Waals surface area contributed by atoms with Crippen molar-refractivity contribution in [3.63, 3.8) is 0 Å². The van der Waals surface area contributed by atoms with Gasteiger partial charge in [-0.05, 0) is 17.5 Å². The Morgan fingerprint density at radius 1 is 1.25 bits per heavy atom. The van der Waals surface area contributed by atoms with Crippen molar-refractivity contribution in [2.75, 3.05) is 0 Å². The van der Waals surface area contributed by atoms with E-state index in [4.69, 9.17) is 4.89 Å². The van der Waals surface area contributed by atoms with Crippen LogP contribution in [0, 0.1) is 0 Å². The lowest BCUT2D eigenvalue weighted by Gasteiger charge is -1.88. The van der Waals surface area contributed by atoms with Crippen LogP contribution in [0.25, 0.3) is 6.08 Å². The van der Waals surface area contributed by atoms with Gasteiger partial charge in [0.2, 0.25) is 8.03 Å². The number of hydrogen-bond donors (Lipinski definition) is 1. The first kappa shape index (κ1) is 11.4. The molecule has 1 N–H and O–H groups in total. The van der Waals surface area contributed by atoms with E-state index in [2.05, 4.69) is 0 Å². The highest BCUT2D eigenvalue weighted by atomic mass is 35.5. The zero-order chi connectivity index (χ0) is 8.10. The molecule has 0 aromatic heterocycles. The van der Waals surface area contributed by atoms with Gasteiger partial charge in [0.25, 0.3) is 0 Å². The smallest absolute Gasteiger partial charge is 0.211 e. The molecule has 12 heavy (non-hydrogen) atoms. The predicted octanol–water partition coefficient (Wildman–Crippen LogP) is 2.55. The molecule has 0 aliphatic carbocycles. The Balaban J connectivity index is 0.00000121. The van der Waals surface area contributed by atoms with Gasteiger partial charge in [0.1, 0.15) is 0 Å². The summed E-state index contributed by atoms with van der Waals surface area (Å²) >= 11 is 0. The third-order valence-corrected chi connectivity index (χ3v) is 1.67. The SMILES string of the molecule is Cl.O=[PH](O)C=Cc1ccccc1. The summed E-state index contributed by atoms with van der Waals surface area (Å²) < 4.78 is 10.3. The first-order chi connectivity index (χ1) is 5.29. The highest BCUT2D eigenvalue weighted by Gasteiger charge is 1.83. The normalized spacial score (nSPS) is 12.4. The monoisotopic (exact) mass is 204 g/mol. The highest BCUT2D eigenvalue weighted by molar-refractivity contribution is 7.41. The Morgan fingerprint density at radius 3 is 2.33 bits per heavy atom. The van der Waals surface area contributed by atoms with Gasteiger partial charge in [-0.25, -0.2) is 0 Å². The molecular formula is C8H10ClO2P. The fraction of sp³-hybridized carbons (Fsp3) is 0. The molecule has 0 heterocycles. The molecule has 1 atom stereocenters. The lowest BCUT2D eigenvalue weighted by Crippen LogP contribution is -1.65. The van der Waals surface area contributed by atoms with Crippen molar-refractivity contribution in [2.24, 2.45) is 0 Å². The minimum atomic E-state index is -2.46. The maximum absolute atomic E-state index is 10.3. The molecule has 1 aromatic carbocycles. The van der Waals surface area contributed by atoms with Gasteiger partial charge in [-0.2, -0.15) is 0 Å². The number of rotatable bonds is 2. The standard InChI is InChI=1S/C8H9O2P.ClH/c9-11(10)7-6-8-4-2-1-3-5-8;/h1-7,11H,(H,9,10);1H. The van der Waals surface area contributed by atoms with Crippen molar-refractivity contribution < 1.29 is 9.46 Å². The first-order valence-corrected chi connectivity index (χ1v) is 4.68. The van der Waals surface area contributed by atoms with E-state index in [-0.39, 0.29) is 12.4 Å². The first-order valence-electron chi connectivity index (χ1n) is 3.25. The predicted molar refractivity (Wildman–Crippen MR) is 53.9 cm³/mol. The van der Waals surface area contributed by atoms with E-state index in [1.165, 1.54) is 5.82 Å². The van der Waals surface area contributed by atoms with Gasteiger partial charge in [0, 0.05) is 0 Å². The van der Waals surface area contributed by atoms with E-state index >= 15 is 0 Å². The van der Waals surface area contributed by atoms with Crippen LogP contribution in [0.2, 0.25) is 0 Å². The second kappa shape index (κ2) is 6.01. The van der Waals surface area contributed by atoms with Crippen molar-refractivity contribution in [1.82, 2.24) is 0 Å². The largest absolute Gasteiger partial charge is 0.343 e. The summed E-state index contributed by atoms with van der Waals surface area (Å²) in [6.45, 7) is 0. The van der Waals surface area contributed by atoms with Gasteiger partial charge >= 0.3 is 0 Å². The molecule has 1 aromatic rings. The van der Waals surface area contributed by atoms with Crippen LogP contribution in [-0.4, -0.2) is 4.89 Å². The minimum Gasteiger partial charge on any atom is -0.343 e. The molecule has 0 fully saturated rings. The highest BCUT2D eigenvalue weighted by Crippen LogP contribution is 2.16. The van der Waals surface area contributed by atoms with Crippen molar-refractivity contribution in [2.45, 2.75) is 0 Å². The summed E-state index contributed by atoms with van der Waals surface area (Å²) in [4.78, 5) is 8.47. The molecule has 1 rings (SSSR count).